The van der Waals surface area contributed by atoms with Gasteiger partial charge in [-0.05, 0) is 36.8 Å². The summed E-state index contributed by atoms with van der Waals surface area (Å²) in [4.78, 5) is 21.0. The summed E-state index contributed by atoms with van der Waals surface area (Å²) in [7, 11) is 0. The van der Waals surface area contributed by atoms with Crippen molar-refractivity contribution in [2.75, 3.05) is 11.9 Å². The highest BCUT2D eigenvalue weighted by Gasteiger charge is 2.33. The molecule has 0 spiro atoms. The van der Waals surface area contributed by atoms with Crippen LogP contribution in [0.15, 0.2) is 42.5 Å². The van der Waals surface area contributed by atoms with E-state index in [0.717, 1.165) is 6.07 Å². The second kappa shape index (κ2) is 7.52. The Morgan fingerprint density at radius 1 is 1.19 bits per heavy atom. The number of nitrogens with one attached hydrogen (secondary N) is 2. The molecule has 0 saturated carbocycles. The normalized spacial score (nSPS) is 16.5. The largest absolute Gasteiger partial charge is 0.573 e. The molecule has 8 nitrogen and oxygen atoms in total. The average Bonchev–Trinajstić information content (AvgIpc) is 3.34. The van der Waals surface area contributed by atoms with Crippen LogP contribution in [-0.4, -0.2) is 44.4 Å². The maximum Gasteiger partial charge on any atom is 0.573 e. The van der Waals surface area contributed by atoms with Gasteiger partial charge >= 0.3 is 6.36 Å². The van der Waals surface area contributed by atoms with Crippen LogP contribution in [0.5, 0.6) is 5.75 Å². The summed E-state index contributed by atoms with van der Waals surface area (Å²) >= 11 is 5.87. The van der Waals surface area contributed by atoms with E-state index in [1.807, 2.05) is 0 Å². The van der Waals surface area contributed by atoms with Crippen LogP contribution in [0.3, 0.4) is 0 Å². The maximum absolute atomic E-state index is 12.9. The number of hydrogen-bond acceptors (Lipinski definition) is 6. The fourth-order valence-corrected chi connectivity index (χ4v) is 3.70. The van der Waals surface area contributed by atoms with Gasteiger partial charge in [0.15, 0.2) is 11.5 Å². The molecule has 1 fully saturated rings. The number of carbonyl (C=O) groups excluding carboxylic acids is 1. The molecule has 4 aromatic rings. The molecule has 2 aromatic heterocycles. The summed E-state index contributed by atoms with van der Waals surface area (Å²) in [5.41, 5.74) is 0.950. The van der Waals surface area contributed by atoms with E-state index in [9.17, 15) is 18.0 Å². The molecule has 1 atom stereocenters. The molecule has 12 heteroatoms. The lowest BCUT2D eigenvalue weighted by atomic mass is 10.2. The topological polar surface area (TPSA) is 93.4 Å². The summed E-state index contributed by atoms with van der Waals surface area (Å²) in [6, 6.07) is 10.4. The van der Waals surface area contributed by atoms with E-state index >= 15 is 0 Å². The summed E-state index contributed by atoms with van der Waals surface area (Å²) in [6.45, 7) is 0.527. The second-order valence-corrected chi connectivity index (χ2v) is 7.52. The molecule has 0 aliphatic carbocycles. The van der Waals surface area contributed by atoms with Crippen LogP contribution in [0.25, 0.3) is 27.9 Å². The van der Waals surface area contributed by atoms with Crippen molar-refractivity contribution in [1.29, 1.82) is 0 Å². The number of para-hydroxylation sites is 1. The van der Waals surface area contributed by atoms with Crippen molar-refractivity contribution >= 4 is 40.0 Å². The number of halogens is 4. The number of amides is 1. The van der Waals surface area contributed by atoms with Gasteiger partial charge in [0.1, 0.15) is 11.8 Å². The lowest BCUT2D eigenvalue weighted by Gasteiger charge is -2.12. The molecule has 1 aliphatic rings. The summed E-state index contributed by atoms with van der Waals surface area (Å²) in [6.07, 6.45) is -4.37. The number of carbonyl (C=O) groups is 1. The van der Waals surface area contributed by atoms with Crippen molar-refractivity contribution in [1.82, 2.24) is 24.9 Å². The van der Waals surface area contributed by atoms with Crippen molar-refractivity contribution in [3.05, 3.63) is 47.5 Å². The number of rotatable bonds is 4. The number of hydrogen-bond donors (Lipinski definition) is 2. The van der Waals surface area contributed by atoms with Gasteiger partial charge in [-0.2, -0.15) is 4.52 Å². The molecule has 164 valence electrons. The SMILES string of the molecule is O=C1NCC[C@H]1Nc1nc2ccccc2c2nc(-c3ccc(Cl)cc3OC(F)(F)F)nn12. The predicted octanol–water partition coefficient (Wildman–Crippen LogP) is 3.80. The van der Waals surface area contributed by atoms with Gasteiger partial charge in [0.2, 0.25) is 11.9 Å². The lowest BCUT2D eigenvalue weighted by molar-refractivity contribution is -0.274. The highest BCUT2D eigenvalue weighted by Crippen LogP contribution is 2.35. The summed E-state index contributed by atoms with van der Waals surface area (Å²) in [5, 5.41) is 10.9. The fraction of sp³-hybridized carbons (Fsp3) is 0.200. The first kappa shape index (κ1) is 20.3. The fourth-order valence-electron chi connectivity index (χ4n) is 3.54. The van der Waals surface area contributed by atoms with Crippen LogP contribution in [0.1, 0.15) is 6.42 Å². The van der Waals surface area contributed by atoms with Gasteiger partial charge in [0.05, 0.1) is 11.1 Å². The molecule has 0 radical (unpaired) electrons. The molecule has 1 aliphatic heterocycles. The molecule has 3 heterocycles. The van der Waals surface area contributed by atoms with E-state index in [4.69, 9.17) is 11.6 Å². The third-order valence-electron chi connectivity index (χ3n) is 4.94. The van der Waals surface area contributed by atoms with Crippen LogP contribution in [0.2, 0.25) is 5.02 Å². The van der Waals surface area contributed by atoms with E-state index in [2.05, 4.69) is 30.4 Å². The summed E-state index contributed by atoms with van der Waals surface area (Å²) < 4.78 is 44.3. The maximum atomic E-state index is 12.9. The van der Waals surface area contributed by atoms with Gasteiger partial charge in [-0.25, -0.2) is 9.97 Å². The molecule has 1 saturated heterocycles. The van der Waals surface area contributed by atoms with E-state index in [1.165, 1.54) is 16.6 Å². The Kier molecular flexibility index (Phi) is 4.77. The molecular formula is C20H14ClF3N6O2. The summed E-state index contributed by atoms with van der Waals surface area (Å²) in [5.74, 6) is -0.473. The zero-order valence-electron chi connectivity index (χ0n) is 16.2. The third kappa shape index (κ3) is 3.75. The van der Waals surface area contributed by atoms with Crippen LogP contribution >= 0.6 is 11.6 Å². The minimum absolute atomic E-state index is 0.00376. The van der Waals surface area contributed by atoms with Gasteiger partial charge in [-0.15, -0.1) is 18.3 Å². The Morgan fingerprint density at radius 3 is 2.75 bits per heavy atom. The average molecular weight is 463 g/mol. The Hall–Kier alpha value is -3.60. The van der Waals surface area contributed by atoms with Crippen molar-refractivity contribution < 1.29 is 22.7 Å². The molecule has 2 N–H and O–H groups in total. The standard InChI is InChI=1S/C20H14ClF3N6O2/c21-10-5-6-12(15(9-10)32-20(22,23)24)16-28-17-11-3-1-2-4-13(11)26-19(30(17)29-16)27-14-7-8-25-18(14)31/h1-6,9,14H,7-8H2,(H,25,31)(H,26,27)/t14-/m1/s1. The monoisotopic (exact) mass is 462 g/mol. The third-order valence-corrected chi connectivity index (χ3v) is 5.18. The van der Waals surface area contributed by atoms with Crippen molar-refractivity contribution in [3.63, 3.8) is 0 Å². The first-order chi connectivity index (χ1) is 15.3. The number of anilines is 1. The van der Waals surface area contributed by atoms with E-state index < -0.39 is 18.2 Å². The number of nitrogens with zero attached hydrogens (tertiary/aromatic N) is 4. The Bertz CT molecular complexity index is 1360. The van der Waals surface area contributed by atoms with Crippen LogP contribution < -0.4 is 15.4 Å². The number of aromatic nitrogens is 4. The van der Waals surface area contributed by atoms with E-state index in [0.29, 0.717) is 29.5 Å². The molecule has 5 rings (SSSR count). The van der Waals surface area contributed by atoms with E-state index in [1.54, 1.807) is 24.3 Å². The lowest BCUT2D eigenvalue weighted by Crippen LogP contribution is -2.30. The molecule has 2 aromatic carbocycles. The highest BCUT2D eigenvalue weighted by atomic mass is 35.5. The van der Waals surface area contributed by atoms with Crippen LogP contribution in [0, 0.1) is 0 Å². The van der Waals surface area contributed by atoms with Gasteiger partial charge in [-0.1, -0.05) is 23.7 Å². The van der Waals surface area contributed by atoms with Crippen molar-refractivity contribution in [2.45, 2.75) is 18.8 Å². The van der Waals surface area contributed by atoms with Gasteiger partial charge in [0.25, 0.3) is 0 Å². The smallest absolute Gasteiger partial charge is 0.405 e. The minimum atomic E-state index is -4.92. The zero-order chi connectivity index (χ0) is 22.5. The number of fused-ring (bicyclic) bond motifs is 3. The highest BCUT2D eigenvalue weighted by molar-refractivity contribution is 6.30. The first-order valence-electron chi connectivity index (χ1n) is 9.54. The minimum Gasteiger partial charge on any atom is -0.405 e. The predicted molar refractivity (Wildman–Crippen MR) is 110 cm³/mol. The van der Waals surface area contributed by atoms with E-state index in [-0.39, 0.29) is 28.3 Å². The van der Waals surface area contributed by atoms with Crippen molar-refractivity contribution in [3.8, 4) is 17.1 Å². The molecule has 32 heavy (non-hydrogen) atoms. The molecule has 1 amide bonds. The molecule has 0 unspecified atom stereocenters. The van der Waals surface area contributed by atoms with Crippen LogP contribution in [0.4, 0.5) is 19.1 Å². The zero-order valence-corrected chi connectivity index (χ0v) is 16.9. The second-order valence-electron chi connectivity index (χ2n) is 7.09. The number of benzene rings is 2. The molecular weight excluding hydrogens is 449 g/mol. The van der Waals surface area contributed by atoms with Gasteiger partial charge in [-0.3, -0.25) is 4.79 Å². The first-order valence-corrected chi connectivity index (χ1v) is 9.92. The van der Waals surface area contributed by atoms with Gasteiger partial charge in [0, 0.05) is 17.0 Å². The Labute approximate surface area is 183 Å². The van der Waals surface area contributed by atoms with Crippen LogP contribution in [-0.2, 0) is 4.79 Å². The quantitative estimate of drug-likeness (QED) is 0.479. The van der Waals surface area contributed by atoms with Gasteiger partial charge < -0.3 is 15.4 Å². The molecule has 0 bridgehead atoms. The number of alkyl halides is 3. The number of ether oxygens (including phenoxy) is 1. The van der Waals surface area contributed by atoms with Crippen molar-refractivity contribution in [2.24, 2.45) is 0 Å². The Balaban J connectivity index is 1.69. The Morgan fingerprint density at radius 2 is 2.00 bits per heavy atom.